The molecule has 9 nitrogen and oxygen atoms in total. The molecule has 0 N–H and O–H groups in total. The SMILES string of the molecule is CCN(C(=O)COC(=O)c1c2c(nc3ccccc13)/C(=C\c1ccc3c(c1)OCO3)CCC2)[C@H]1CCS(=O)(=O)C1. The Morgan fingerprint density at radius 1 is 1.12 bits per heavy atom. The molecule has 3 aromatic rings. The lowest BCUT2D eigenvalue weighted by atomic mass is 9.86. The summed E-state index contributed by atoms with van der Waals surface area (Å²) in [6.45, 7) is 1.90. The fourth-order valence-corrected chi connectivity index (χ4v) is 7.58. The number of benzene rings is 2. The van der Waals surface area contributed by atoms with Crippen LogP contribution in [0.4, 0.5) is 0 Å². The number of sulfone groups is 1. The number of hydrogen-bond acceptors (Lipinski definition) is 8. The van der Waals surface area contributed by atoms with Gasteiger partial charge in [-0.1, -0.05) is 24.3 Å². The maximum atomic E-state index is 13.6. The first-order valence-corrected chi connectivity index (χ1v) is 15.3. The monoisotopic (exact) mass is 562 g/mol. The lowest BCUT2D eigenvalue weighted by Gasteiger charge is -2.27. The zero-order valence-corrected chi connectivity index (χ0v) is 23.0. The standard InChI is InChI=1S/C30H30N2O7S/c1-2-32(21-12-13-40(35,36)17-21)27(33)16-37-30(34)28-22-7-3-4-9-24(22)31-29-20(6-5-8-23(28)29)14-19-10-11-25-26(15-19)39-18-38-25/h3-4,7,9-11,14-15,21H,2,5-6,8,12-13,16-18H2,1H3/b20-14-/t21-/m0/s1. The number of carbonyl (C=O) groups excluding carboxylic acids is 2. The molecule has 1 aromatic heterocycles. The summed E-state index contributed by atoms with van der Waals surface area (Å²) in [5.74, 6) is 0.449. The minimum Gasteiger partial charge on any atom is -0.454 e. The number of esters is 1. The number of hydrogen-bond donors (Lipinski definition) is 0. The third-order valence-corrected chi connectivity index (χ3v) is 9.50. The molecule has 0 radical (unpaired) electrons. The van der Waals surface area contributed by atoms with Crippen LogP contribution < -0.4 is 9.47 Å². The molecule has 0 saturated carbocycles. The molecule has 3 aliphatic rings. The van der Waals surface area contributed by atoms with Gasteiger partial charge < -0.3 is 19.1 Å². The number of fused-ring (bicyclic) bond motifs is 3. The Morgan fingerprint density at radius 3 is 2.75 bits per heavy atom. The number of pyridine rings is 1. The van der Waals surface area contributed by atoms with Crippen LogP contribution in [-0.2, 0) is 25.8 Å². The lowest BCUT2D eigenvalue weighted by molar-refractivity contribution is -0.136. The summed E-state index contributed by atoms with van der Waals surface area (Å²) in [7, 11) is -3.15. The van der Waals surface area contributed by atoms with Crippen molar-refractivity contribution in [2.45, 2.75) is 38.6 Å². The Balaban J connectivity index is 1.30. The molecule has 10 heteroatoms. The average Bonchev–Trinajstić information content (AvgIpc) is 3.56. The highest BCUT2D eigenvalue weighted by molar-refractivity contribution is 7.91. The van der Waals surface area contributed by atoms with Crippen LogP contribution in [0.25, 0.3) is 22.6 Å². The maximum absolute atomic E-state index is 13.6. The van der Waals surface area contributed by atoms with Gasteiger partial charge in [0.05, 0.1) is 28.3 Å². The molecule has 1 amide bonds. The highest BCUT2D eigenvalue weighted by atomic mass is 32.2. The van der Waals surface area contributed by atoms with Crippen LogP contribution in [-0.4, -0.2) is 67.7 Å². The van der Waals surface area contributed by atoms with E-state index in [0.717, 1.165) is 35.2 Å². The topological polar surface area (TPSA) is 112 Å². The predicted molar refractivity (Wildman–Crippen MR) is 150 cm³/mol. The second kappa shape index (κ2) is 10.6. The van der Waals surface area contributed by atoms with Crippen molar-refractivity contribution >= 4 is 44.3 Å². The molecule has 6 rings (SSSR count). The quantitative estimate of drug-likeness (QED) is 0.414. The average molecular weight is 563 g/mol. The van der Waals surface area contributed by atoms with Crippen LogP contribution in [0, 0.1) is 0 Å². The lowest BCUT2D eigenvalue weighted by Crippen LogP contribution is -2.43. The molecule has 208 valence electrons. The largest absolute Gasteiger partial charge is 0.454 e. The van der Waals surface area contributed by atoms with Crippen molar-refractivity contribution in [1.29, 1.82) is 0 Å². The van der Waals surface area contributed by atoms with E-state index in [4.69, 9.17) is 19.2 Å². The van der Waals surface area contributed by atoms with Gasteiger partial charge in [0.2, 0.25) is 6.79 Å². The molecule has 0 unspecified atom stereocenters. The maximum Gasteiger partial charge on any atom is 0.339 e. The summed E-state index contributed by atoms with van der Waals surface area (Å²) in [6.07, 6.45) is 4.76. The van der Waals surface area contributed by atoms with E-state index < -0.39 is 28.3 Å². The summed E-state index contributed by atoms with van der Waals surface area (Å²) in [5, 5.41) is 0.678. The molecular formula is C30H30N2O7S. The molecule has 1 aliphatic carbocycles. The minimum absolute atomic E-state index is 0.0541. The van der Waals surface area contributed by atoms with Crippen molar-refractivity contribution in [3.8, 4) is 11.5 Å². The minimum atomic E-state index is -3.15. The smallest absolute Gasteiger partial charge is 0.339 e. The van der Waals surface area contributed by atoms with Crippen molar-refractivity contribution in [3.63, 3.8) is 0 Å². The van der Waals surface area contributed by atoms with Crippen molar-refractivity contribution in [1.82, 2.24) is 9.88 Å². The number of nitrogens with zero attached hydrogens (tertiary/aromatic N) is 2. The van der Waals surface area contributed by atoms with E-state index in [0.29, 0.717) is 47.4 Å². The summed E-state index contributed by atoms with van der Waals surface area (Å²) < 4.78 is 40.4. The van der Waals surface area contributed by atoms with E-state index in [1.165, 1.54) is 4.90 Å². The zero-order chi connectivity index (χ0) is 27.9. The molecule has 0 bridgehead atoms. The van der Waals surface area contributed by atoms with Crippen molar-refractivity contribution in [2.75, 3.05) is 31.5 Å². The van der Waals surface area contributed by atoms with Crippen molar-refractivity contribution in [3.05, 3.63) is 64.8 Å². The molecule has 1 fully saturated rings. The number of allylic oxidation sites excluding steroid dienone is 1. The van der Waals surface area contributed by atoms with Gasteiger partial charge in [0, 0.05) is 18.0 Å². The van der Waals surface area contributed by atoms with E-state index in [-0.39, 0.29) is 24.3 Å². The summed E-state index contributed by atoms with van der Waals surface area (Å²) in [5.41, 5.74) is 4.62. The fourth-order valence-electron chi connectivity index (χ4n) is 5.85. The Bertz CT molecular complexity index is 1650. The van der Waals surface area contributed by atoms with Gasteiger partial charge in [-0.15, -0.1) is 0 Å². The first-order valence-electron chi connectivity index (χ1n) is 13.5. The second-order valence-corrected chi connectivity index (χ2v) is 12.5. The van der Waals surface area contributed by atoms with Gasteiger partial charge in [-0.25, -0.2) is 18.2 Å². The van der Waals surface area contributed by atoms with Crippen molar-refractivity contribution < 1.29 is 32.2 Å². The number of ether oxygens (including phenoxy) is 3. The van der Waals surface area contributed by atoms with E-state index >= 15 is 0 Å². The number of amides is 1. The van der Waals surface area contributed by atoms with Gasteiger partial charge in [0.15, 0.2) is 27.9 Å². The third kappa shape index (κ3) is 5.03. The van der Waals surface area contributed by atoms with Crippen LogP contribution in [0.2, 0.25) is 0 Å². The molecule has 2 aromatic carbocycles. The predicted octanol–water partition coefficient (Wildman–Crippen LogP) is 4.03. The molecule has 2 aliphatic heterocycles. The second-order valence-electron chi connectivity index (χ2n) is 10.3. The summed E-state index contributed by atoms with van der Waals surface area (Å²) in [4.78, 5) is 33.1. The van der Waals surface area contributed by atoms with Gasteiger partial charge in [-0.3, -0.25) is 4.79 Å². The number of likely N-dealkylation sites (N-methyl/N-ethyl adjacent to an activating group) is 1. The highest BCUT2D eigenvalue weighted by Crippen LogP contribution is 2.38. The summed E-state index contributed by atoms with van der Waals surface area (Å²) >= 11 is 0. The van der Waals surface area contributed by atoms with E-state index in [2.05, 4.69) is 6.08 Å². The normalized spacial score (nSPS) is 19.9. The third-order valence-electron chi connectivity index (χ3n) is 7.75. The van der Waals surface area contributed by atoms with Gasteiger partial charge in [0.25, 0.3) is 5.91 Å². The Hall–Kier alpha value is -3.92. The first kappa shape index (κ1) is 26.3. The van der Waals surface area contributed by atoms with Crippen LogP contribution in [0.15, 0.2) is 42.5 Å². The highest BCUT2D eigenvalue weighted by Gasteiger charge is 2.34. The van der Waals surface area contributed by atoms with E-state index in [1.54, 1.807) is 6.92 Å². The van der Waals surface area contributed by atoms with Crippen LogP contribution >= 0.6 is 0 Å². The molecule has 40 heavy (non-hydrogen) atoms. The molecular weight excluding hydrogens is 532 g/mol. The first-order chi connectivity index (χ1) is 19.3. The van der Waals surface area contributed by atoms with E-state index in [9.17, 15) is 18.0 Å². The van der Waals surface area contributed by atoms with Crippen molar-refractivity contribution in [2.24, 2.45) is 0 Å². The number of aromatic nitrogens is 1. The Kier molecular flexibility index (Phi) is 6.95. The molecule has 3 heterocycles. The zero-order valence-electron chi connectivity index (χ0n) is 22.2. The Labute approximate surface area is 232 Å². The fraction of sp³-hybridized carbons (Fsp3) is 0.367. The molecule has 1 saturated heterocycles. The van der Waals surface area contributed by atoms with Crippen LogP contribution in [0.3, 0.4) is 0 Å². The molecule has 0 spiro atoms. The van der Waals surface area contributed by atoms with Crippen LogP contribution in [0.1, 0.15) is 53.4 Å². The summed E-state index contributed by atoms with van der Waals surface area (Å²) in [6, 6.07) is 12.8. The van der Waals surface area contributed by atoms with Gasteiger partial charge in [-0.05, 0) is 73.6 Å². The molecule has 1 atom stereocenters. The van der Waals surface area contributed by atoms with Crippen LogP contribution in [0.5, 0.6) is 11.5 Å². The van der Waals surface area contributed by atoms with Gasteiger partial charge in [0.1, 0.15) is 0 Å². The number of carbonyl (C=O) groups is 2. The van der Waals surface area contributed by atoms with Gasteiger partial charge >= 0.3 is 5.97 Å². The van der Waals surface area contributed by atoms with Gasteiger partial charge in [-0.2, -0.15) is 0 Å². The Morgan fingerprint density at radius 2 is 1.95 bits per heavy atom. The number of rotatable bonds is 6. The van der Waals surface area contributed by atoms with E-state index in [1.807, 2.05) is 42.5 Å². The number of para-hydroxylation sites is 1.